The number of benzene rings is 1. The van der Waals surface area contributed by atoms with Crippen LogP contribution in [0.5, 0.6) is 11.6 Å². The van der Waals surface area contributed by atoms with E-state index in [1.807, 2.05) is 44.3 Å². The number of pyridine rings is 1. The zero-order chi connectivity index (χ0) is 18.8. The van der Waals surface area contributed by atoms with Crippen molar-refractivity contribution in [2.75, 3.05) is 20.7 Å². The fourth-order valence-corrected chi connectivity index (χ4v) is 2.35. The van der Waals surface area contributed by atoms with Crippen LogP contribution in [-0.2, 0) is 13.0 Å². The lowest BCUT2D eigenvalue weighted by Crippen LogP contribution is -2.37. The minimum Gasteiger partial charge on any atom is -0.497 e. The third kappa shape index (κ3) is 6.63. The van der Waals surface area contributed by atoms with Crippen molar-refractivity contribution < 1.29 is 9.47 Å². The van der Waals surface area contributed by atoms with Gasteiger partial charge >= 0.3 is 0 Å². The number of ether oxygens (including phenoxy) is 2. The zero-order valence-corrected chi connectivity index (χ0v) is 16.0. The summed E-state index contributed by atoms with van der Waals surface area (Å²) >= 11 is 0. The maximum absolute atomic E-state index is 5.55. The molecule has 0 amide bonds. The van der Waals surface area contributed by atoms with Gasteiger partial charge in [0.2, 0.25) is 5.88 Å². The number of hydrogen-bond donors (Lipinski definition) is 2. The molecule has 1 aromatic heterocycles. The maximum atomic E-state index is 5.55. The van der Waals surface area contributed by atoms with Crippen molar-refractivity contribution in [3.8, 4) is 11.6 Å². The number of rotatable bonds is 8. The first kappa shape index (κ1) is 19.6. The number of guanidine groups is 1. The van der Waals surface area contributed by atoms with Gasteiger partial charge in [0.1, 0.15) is 5.75 Å². The molecule has 0 saturated carbocycles. The average molecular weight is 356 g/mol. The molecule has 0 aliphatic heterocycles. The molecule has 1 heterocycles. The molecule has 2 aromatic rings. The smallest absolute Gasteiger partial charge is 0.213 e. The molecule has 0 aliphatic carbocycles. The van der Waals surface area contributed by atoms with Crippen LogP contribution in [0.2, 0.25) is 0 Å². The van der Waals surface area contributed by atoms with Gasteiger partial charge < -0.3 is 20.1 Å². The molecular formula is C20H28N4O2. The van der Waals surface area contributed by atoms with Crippen molar-refractivity contribution in [1.29, 1.82) is 0 Å². The molecule has 0 bridgehead atoms. The molecule has 140 valence electrons. The van der Waals surface area contributed by atoms with E-state index in [1.54, 1.807) is 14.2 Å². The Morgan fingerprint density at radius 1 is 1.08 bits per heavy atom. The Kier molecular flexibility index (Phi) is 7.74. The van der Waals surface area contributed by atoms with Gasteiger partial charge in [-0.25, -0.2) is 4.98 Å². The minimum absolute atomic E-state index is 0.125. The monoisotopic (exact) mass is 356 g/mol. The van der Waals surface area contributed by atoms with E-state index in [2.05, 4.69) is 32.7 Å². The molecule has 0 aliphatic rings. The molecule has 26 heavy (non-hydrogen) atoms. The largest absolute Gasteiger partial charge is 0.497 e. The number of nitrogens with zero attached hydrogens (tertiary/aromatic N) is 2. The SMILES string of the molecule is CN=C(NCCc1ccc(OC)cc1)NCc1ccc(OC(C)C)nc1. The van der Waals surface area contributed by atoms with Crippen LogP contribution in [0.25, 0.3) is 0 Å². The molecule has 1 aromatic carbocycles. The second-order valence-corrected chi connectivity index (χ2v) is 6.12. The average Bonchev–Trinajstić information content (AvgIpc) is 2.65. The van der Waals surface area contributed by atoms with Crippen LogP contribution in [0.15, 0.2) is 47.6 Å². The van der Waals surface area contributed by atoms with Gasteiger partial charge in [-0.2, -0.15) is 0 Å². The van der Waals surface area contributed by atoms with E-state index in [9.17, 15) is 0 Å². The van der Waals surface area contributed by atoms with E-state index in [0.29, 0.717) is 12.4 Å². The number of aliphatic imine (C=N–C) groups is 1. The van der Waals surface area contributed by atoms with Crippen molar-refractivity contribution in [3.05, 3.63) is 53.7 Å². The van der Waals surface area contributed by atoms with Gasteiger partial charge in [0.05, 0.1) is 13.2 Å². The molecule has 0 spiro atoms. The van der Waals surface area contributed by atoms with Crippen LogP contribution in [-0.4, -0.2) is 37.7 Å². The fourth-order valence-electron chi connectivity index (χ4n) is 2.35. The van der Waals surface area contributed by atoms with Crippen molar-refractivity contribution in [2.45, 2.75) is 32.9 Å². The normalized spacial score (nSPS) is 11.3. The van der Waals surface area contributed by atoms with Crippen LogP contribution in [0.3, 0.4) is 0 Å². The summed E-state index contributed by atoms with van der Waals surface area (Å²) in [7, 11) is 3.44. The standard InChI is InChI=1S/C20H28N4O2/c1-15(2)26-19-10-7-17(13-23-19)14-24-20(21-3)22-12-11-16-5-8-18(25-4)9-6-16/h5-10,13,15H,11-12,14H2,1-4H3,(H2,21,22,24). The Morgan fingerprint density at radius 3 is 2.38 bits per heavy atom. The van der Waals surface area contributed by atoms with E-state index in [0.717, 1.165) is 30.2 Å². The Morgan fingerprint density at radius 2 is 1.81 bits per heavy atom. The van der Waals surface area contributed by atoms with E-state index in [4.69, 9.17) is 9.47 Å². The molecule has 0 saturated heterocycles. The van der Waals surface area contributed by atoms with Crippen molar-refractivity contribution in [2.24, 2.45) is 4.99 Å². The summed E-state index contributed by atoms with van der Waals surface area (Å²) in [6.07, 6.45) is 2.85. The minimum atomic E-state index is 0.125. The number of nitrogens with one attached hydrogen (secondary N) is 2. The highest BCUT2D eigenvalue weighted by Gasteiger charge is 2.02. The summed E-state index contributed by atoms with van der Waals surface area (Å²) in [6.45, 7) is 5.42. The van der Waals surface area contributed by atoms with Gasteiger partial charge in [0.15, 0.2) is 5.96 Å². The topological polar surface area (TPSA) is 67.8 Å². The Balaban J connectivity index is 1.74. The summed E-state index contributed by atoms with van der Waals surface area (Å²) in [4.78, 5) is 8.55. The second kappa shape index (κ2) is 10.3. The van der Waals surface area contributed by atoms with E-state index < -0.39 is 0 Å². The molecule has 2 rings (SSSR count). The highest BCUT2D eigenvalue weighted by molar-refractivity contribution is 5.79. The van der Waals surface area contributed by atoms with Gasteiger partial charge in [0, 0.05) is 32.4 Å². The lowest BCUT2D eigenvalue weighted by Gasteiger charge is -2.13. The van der Waals surface area contributed by atoms with Gasteiger partial charge in [0.25, 0.3) is 0 Å². The quantitative estimate of drug-likeness (QED) is 0.562. The number of aromatic nitrogens is 1. The molecule has 0 radical (unpaired) electrons. The zero-order valence-electron chi connectivity index (χ0n) is 16.0. The Labute approximate surface area is 155 Å². The predicted molar refractivity (Wildman–Crippen MR) is 105 cm³/mol. The lowest BCUT2D eigenvalue weighted by atomic mass is 10.1. The van der Waals surface area contributed by atoms with Crippen LogP contribution >= 0.6 is 0 Å². The van der Waals surface area contributed by atoms with Gasteiger partial charge in [-0.3, -0.25) is 4.99 Å². The molecule has 6 nitrogen and oxygen atoms in total. The third-order valence-electron chi connectivity index (χ3n) is 3.70. The summed E-state index contributed by atoms with van der Waals surface area (Å²) in [5.74, 6) is 2.28. The fraction of sp³-hybridized carbons (Fsp3) is 0.400. The van der Waals surface area contributed by atoms with Crippen LogP contribution in [0, 0.1) is 0 Å². The summed E-state index contributed by atoms with van der Waals surface area (Å²) < 4.78 is 10.7. The van der Waals surface area contributed by atoms with Crippen molar-refractivity contribution in [1.82, 2.24) is 15.6 Å². The maximum Gasteiger partial charge on any atom is 0.213 e. The highest BCUT2D eigenvalue weighted by atomic mass is 16.5. The summed E-state index contributed by atoms with van der Waals surface area (Å²) in [5.41, 5.74) is 2.32. The highest BCUT2D eigenvalue weighted by Crippen LogP contribution is 2.11. The third-order valence-corrected chi connectivity index (χ3v) is 3.70. The molecule has 0 atom stereocenters. The van der Waals surface area contributed by atoms with Gasteiger partial charge in [-0.05, 0) is 43.5 Å². The second-order valence-electron chi connectivity index (χ2n) is 6.12. The van der Waals surface area contributed by atoms with Crippen LogP contribution < -0.4 is 20.1 Å². The molecule has 0 unspecified atom stereocenters. The summed E-state index contributed by atoms with van der Waals surface area (Å²) in [6, 6.07) is 12.0. The molecule has 0 fully saturated rings. The Bertz CT molecular complexity index is 682. The molecular weight excluding hydrogens is 328 g/mol. The predicted octanol–water partition coefficient (Wildman–Crippen LogP) is 2.79. The van der Waals surface area contributed by atoms with Gasteiger partial charge in [-0.1, -0.05) is 18.2 Å². The van der Waals surface area contributed by atoms with E-state index in [-0.39, 0.29) is 6.10 Å². The van der Waals surface area contributed by atoms with Crippen LogP contribution in [0.1, 0.15) is 25.0 Å². The lowest BCUT2D eigenvalue weighted by molar-refractivity contribution is 0.232. The van der Waals surface area contributed by atoms with Crippen LogP contribution in [0.4, 0.5) is 0 Å². The van der Waals surface area contributed by atoms with E-state index in [1.165, 1.54) is 5.56 Å². The first-order chi connectivity index (χ1) is 12.6. The number of hydrogen-bond acceptors (Lipinski definition) is 4. The number of methoxy groups -OCH3 is 1. The first-order valence-corrected chi connectivity index (χ1v) is 8.79. The molecule has 2 N–H and O–H groups in total. The van der Waals surface area contributed by atoms with Crippen molar-refractivity contribution >= 4 is 5.96 Å². The molecule has 6 heteroatoms. The van der Waals surface area contributed by atoms with Gasteiger partial charge in [-0.15, -0.1) is 0 Å². The van der Waals surface area contributed by atoms with Crippen molar-refractivity contribution in [3.63, 3.8) is 0 Å². The Hall–Kier alpha value is -2.76. The first-order valence-electron chi connectivity index (χ1n) is 8.79. The van der Waals surface area contributed by atoms with E-state index >= 15 is 0 Å². The summed E-state index contributed by atoms with van der Waals surface area (Å²) in [5, 5.41) is 6.61.